The summed E-state index contributed by atoms with van der Waals surface area (Å²) >= 11 is 0. The molecule has 0 spiro atoms. The molecule has 4 unspecified atom stereocenters. The second kappa shape index (κ2) is 7.25. The zero-order chi connectivity index (χ0) is 15.4. The molecule has 1 N–H and O–H groups in total. The number of methoxy groups -OCH3 is 2. The van der Waals surface area contributed by atoms with E-state index in [1.54, 1.807) is 14.2 Å². The van der Waals surface area contributed by atoms with E-state index >= 15 is 0 Å². The topological polar surface area (TPSA) is 39.7 Å². The monoisotopic (exact) mass is 293 g/mol. The molecule has 0 radical (unpaired) electrons. The Labute approximate surface area is 127 Å². The highest BCUT2D eigenvalue weighted by Gasteiger charge is 2.42. The van der Waals surface area contributed by atoms with E-state index in [2.05, 4.69) is 31.3 Å². The fourth-order valence-corrected chi connectivity index (χ4v) is 3.04. The van der Waals surface area contributed by atoms with Gasteiger partial charge in [-0.1, -0.05) is 17.7 Å². The Bertz CT molecular complexity index is 463. The van der Waals surface area contributed by atoms with Crippen molar-refractivity contribution in [1.82, 2.24) is 5.32 Å². The normalized spacial score (nSPS) is 26.2. The molecule has 1 aromatic carbocycles. The predicted molar refractivity (Wildman–Crippen MR) is 83.9 cm³/mol. The minimum Gasteiger partial charge on any atom is -0.496 e. The van der Waals surface area contributed by atoms with Gasteiger partial charge in [0.05, 0.1) is 19.3 Å². The highest BCUT2D eigenvalue weighted by atomic mass is 16.5. The van der Waals surface area contributed by atoms with Crippen LogP contribution < -0.4 is 10.1 Å². The summed E-state index contributed by atoms with van der Waals surface area (Å²) in [7, 11) is 3.47. The average Bonchev–Trinajstić information content (AvgIpc) is 2.46. The molecule has 0 saturated heterocycles. The second-order valence-electron chi connectivity index (χ2n) is 5.67. The smallest absolute Gasteiger partial charge is 0.123 e. The van der Waals surface area contributed by atoms with Crippen molar-refractivity contribution in [3.05, 3.63) is 29.3 Å². The lowest BCUT2D eigenvalue weighted by Crippen LogP contribution is -2.60. The van der Waals surface area contributed by atoms with Gasteiger partial charge in [-0.2, -0.15) is 0 Å². The summed E-state index contributed by atoms with van der Waals surface area (Å²) in [6.07, 6.45) is 1.33. The first-order chi connectivity index (χ1) is 10.1. The number of nitrogens with one attached hydrogen (secondary N) is 1. The molecule has 2 rings (SSSR count). The van der Waals surface area contributed by atoms with E-state index in [1.165, 1.54) is 11.1 Å². The molecule has 1 fully saturated rings. The predicted octanol–water partition coefficient (Wildman–Crippen LogP) is 2.85. The summed E-state index contributed by atoms with van der Waals surface area (Å²) in [6.45, 7) is 7.02. The molecule has 21 heavy (non-hydrogen) atoms. The van der Waals surface area contributed by atoms with Crippen molar-refractivity contribution >= 4 is 0 Å². The molecule has 0 aromatic heterocycles. The maximum absolute atomic E-state index is 5.67. The van der Waals surface area contributed by atoms with E-state index < -0.39 is 0 Å². The SMILES string of the molecule is CCOC1CC(NC(C)c2cc(C)ccc2OC)C1OC. The zero-order valence-electron chi connectivity index (χ0n) is 13.7. The van der Waals surface area contributed by atoms with Crippen LogP contribution in [-0.4, -0.2) is 39.1 Å². The van der Waals surface area contributed by atoms with Crippen LogP contribution in [0, 0.1) is 6.92 Å². The van der Waals surface area contributed by atoms with Gasteiger partial charge in [0, 0.05) is 31.4 Å². The Morgan fingerprint density at radius 1 is 1.33 bits per heavy atom. The van der Waals surface area contributed by atoms with Crippen LogP contribution in [0.15, 0.2) is 18.2 Å². The summed E-state index contributed by atoms with van der Waals surface area (Å²) in [5.41, 5.74) is 2.43. The van der Waals surface area contributed by atoms with Crippen molar-refractivity contribution in [1.29, 1.82) is 0 Å². The van der Waals surface area contributed by atoms with E-state index in [0.29, 0.717) is 6.04 Å². The fraction of sp³-hybridized carbons (Fsp3) is 0.647. The number of aryl methyl sites for hydroxylation is 1. The van der Waals surface area contributed by atoms with Crippen molar-refractivity contribution in [3.63, 3.8) is 0 Å². The third kappa shape index (κ3) is 3.57. The summed E-state index contributed by atoms with van der Waals surface area (Å²) in [6, 6.07) is 6.82. The maximum Gasteiger partial charge on any atom is 0.123 e. The molecule has 0 bridgehead atoms. The summed E-state index contributed by atoms with van der Waals surface area (Å²) in [5, 5.41) is 3.64. The van der Waals surface area contributed by atoms with Crippen LogP contribution in [0.4, 0.5) is 0 Å². The Morgan fingerprint density at radius 3 is 2.71 bits per heavy atom. The highest BCUT2D eigenvalue weighted by molar-refractivity contribution is 5.39. The van der Waals surface area contributed by atoms with Crippen LogP contribution in [0.2, 0.25) is 0 Å². The number of benzene rings is 1. The van der Waals surface area contributed by atoms with Crippen LogP contribution >= 0.6 is 0 Å². The van der Waals surface area contributed by atoms with Crippen LogP contribution in [0.1, 0.15) is 37.4 Å². The van der Waals surface area contributed by atoms with Crippen LogP contribution in [-0.2, 0) is 9.47 Å². The van der Waals surface area contributed by atoms with E-state index in [-0.39, 0.29) is 18.2 Å². The first-order valence-electron chi connectivity index (χ1n) is 7.65. The first-order valence-corrected chi connectivity index (χ1v) is 7.65. The van der Waals surface area contributed by atoms with Gasteiger partial charge in [-0.25, -0.2) is 0 Å². The molecule has 0 heterocycles. The Kier molecular flexibility index (Phi) is 5.62. The molecule has 1 aliphatic rings. The van der Waals surface area contributed by atoms with E-state index in [1.807, 2.05) is 13.0 Å². The average molecular weight is 293 g/mol. The second-order valence-corrected chi connectivity index (χ2v) is 5.67. The van der Waals surface area contributed by atoms with Crippen LogP contribution in [0.5, 0.6) is 5.75 Å². The number of hydrogen-bond donors (Lipinski definition) is 1. The Hall–Kier alpha value is -1.10. The molecule has 4 nitrogen and oxygen atoms in total. The third-order valence-electron chi connectivity index (χ3n) is 4.22. The van der Waals surface area contributed by atoms with Gasteiger partial charge < -0.3 is 19.5 Å². The molecule has 1 aliphatic carbocycles. The van der Waals surface area contributed by atoms with Crippen molar-refractivity contribution in [2.75, 3.05) is 20.8 Å². The fourth-order valence-electron chi connectivity index (χ4n) is 3.04. The lowest BCUT2D eigenvalue weighted by Gasteiger charge is -2.44. The number of ether oxygens (including phenoxy) is 3. The lowest BCUT2D eigenvalue weighted by atomic mass is 9.84. The zero-order valence-corrected chi connectivity index (χ0v) is 13.7. The summed E-state index contributed by atoms with van der Waals surface area (Å²) < 4.78 is 16.7. The van der Waals surface area contributed by atoms with E-state index in [0.717, 1.165) is 18.8 Å². The molecular formula is C17H27NO3. The van der Waals surface area contributed by atoms with Crippen LogP contribution in [0.3, 0.4) is 0 Å². The number of hydrogen-bond acceptors (Lipinski definition) is 4. The van der Waals surface area contributed by atoms with Gasteiger partial charge in [0.1, 0.15) is 5.75 Å². The Balaban J connectivity index is 2.02. The number of rotatable bonds is 7. The van der Waals surface area contributed by atoms with E-state index in [4.69, 9.17) is 14.2 Å². The largest absolute Gasteiger partial charge is 0.496 e. The van der Waals surface area contributed by atoms with Crippen LogP contribution in [0.25, 0.3) is 0 Å². The molecule has 118 valence electrons. The summed E-state index contributed by atoms with van der Waals surface area (Å²) in [5.74, 6) is 0.926. The van der Waals surface area contributed by atoms with Gasteiger partial charge in [-0.15, -0.1) is 0 Å². The third-order valence-corrected chi connectivity index (χ3v) is 4.22. The molecule has 4 atom stereocenters. The highest BCUT2D eigenvalue weighted by Crippen LogP contribution is 2.32. The maximum atomic E-state index is 5.67. The molecule has 0 amide bonds. The van der Waals surface area contributed by atoms with E-state index in [9.17, 15) is 0 Å². The lowest BCUT2D eigenvalue weighted by molar-refractivity contribution is -0.133. The molecule has 0 aliphatic heterocycles. The van der Waals surface area contributed by atoms with Crippen molar-refractivity contribution < 1.29 is 14.2 Å². The van der Waals surface area contributed by atoms with Gasteiger partial charge >= 0.3 is 0 Å². The minimum absolute atomic E-state index is 0.128. The van der Waals surface area contributed by atoms with Gasteiger partial charge in [0.25, 0.3) is 0 Å². The molecule has 1 saturated carbocycles. The quantitative estimate of drug-likeness (QED) is 0.839. The van der Waals surface area contributed by atoms with Gasteiger partial charge in [-0.05, 0) is 33.3 Å². The summed E-state index contributed by atoms with van der Waals surface area (Å²) in [4.78, 5) is 0. The van der Waals surface area contributed by atoms with Crippen molar-refractivity contribution in [3.8, 4) is 5.75 Å². The standard InChI is InChI=1S/C17H27NO3/c1-6-21-16-10-14(17(16)20-5)18-12(3)13-9-11(2)7-8-15(13)19-4/h7-9,12,14,16-18H,6,10H2,1-5H3. The molecular weight excluding hydrogens is 266 g/mol. The minimum atomic E-state index is 0.128. The Morgan fingerprint density at radius 2 is 2.10 bits per heavy atom. The first kappa shape index (κ1) is 16.3. The van der Waals surface area contributed by atoms with Gasteiger partial charge in [0.2, 0.25) is 0 Å². The van der Waals surface area contributed by atoms with Crippen molar-refractivity contribution in [2.24, 2.45) is 0 Å². The van der Waals surface area contributed by atoms with Gasteiger partial charge in [-0.3, -0.25) is 0 Å². The molecule has 4 heteroatoms. The van der Waals surface area contributed by atoms with Gasteiger partial charge in [0.15, 0.2) is 0 Å². The molecule has 1 aromatic rings. The van der Waals surface area contributed by atoms with Crippen molar-refractivity contribution in [2.45, 2.75) is 51.5 Å².